The molecule has 4 heteroatoms. The molecular weight excluding hydrogens is 852 g/mol. The van der Waals surface area contributed by atoms with Gasteiger partial charge in [0.05, 0.1) is 0 Å². The second-order valence-corrected chi connectivity index (χ2v) is 18.8. The van der Waals surface area contributed by atoms with Gasteiger partial charge in [0.25, 0.3) is 0 Å². The number of rotatable bonds is 6. The summed E-state index contributed by atoms with van der Waals surface area (Å²) in [4.78, 5) is 0. The third-order valence-corrected chi connectivity index (χ3v) is 14.7. The predicted molar refractivity (Wildman–Crippen MR) is 297 cm³/mol. The lowest BCUT2D eigenvalue weighted by Crippen LogP contribution is -2.37. The van der Waals surface area contributed by atoms with Crippen molar-refractivity contribution in [2.45, 2.75) is 0 Å². The molecule has 0 radical (unpaired) electrons. The summed E-state index contributed by atoms with van der Waals surface area (Å²) >= 11 is 0. The van der Waals surface area contributed by atoms with E-state index in [1.807, 2.05) is 36.4 Å². The fourth-order valence-corrected chi connectivity index (χ4v) is 11.2. The van der Waals surface area contributed by atoms with Crippen LogP contribution in [-0.4, -0.2) is 7.32 Å². The van der Waals surface area contributed by atoms with E-state index in [9.17, 15) is 0 Å². The minimum absolute atomic E-state index is 0.661. The Kier molecular flexibility index (Phi) is 8.45. The van der Waals surface area contributed by atoms with Crippen LogP contribution < -0.4 is 14.0 Å². The second-order valence-electron chi connectivity index (χ2n) is 18.8. The molecule has 0 aliphatic heterocycles. The molecule has 15 aromatic carbocycles. The molecule has 0 N–H and O–H groups in total. The quantitative estimate of drug-likeness (QED) is 0.0946. The Morgan fingerprint density at radius 1 is 0.171 bits per heavy atom. The van der Waals surface area contributed by atoms with E-state index in [1.165, 1.54) is 80.8 Å². The van der Waals surface area contributed by atoms with Crippen LogP contribution in [0.3, 0.4) is 0 Å². The predicted octanol–water partition coefficient (Wildman–Crippen LogP) is 18.0. The van der Waals surface area contributed by atoms with Gasteiger partial charge in [-0.25, -0.2) is 0 Å². The SMILES string of the molecule is c1ccc2cc3c(ccc4cc5cccc(OB(Oc6cccc7cc8ccc9cc%10ccccc%10cc9c8cc67)Oc6cccc7cc8ccc9cc%10ccccc%10cc9c8cc67)c5cc43)cc2c1. The molecule has 0 atom stereocenters. The molecule has 0 amide bonds. The van der Waals surface area contributed by atoms with E-state index >= 15 is 0 Å². The summed E-state index contributed by atoms with van der Waals surface area (Å²) in [5, 5.41) is 27.6. The molecule has 15 aromatic rings. The first-order valence-electron chi connectivity index (χ1n) is 23.9. The molecule has 0 heterocycles. The Bertz CT molecular complexity index is 4240. The van der Waals surface area contributed by atoms with Crippen molar-refractivity contribution in [2.24, 2.45) is 0 Å². The molecule has 15 rings (SSSR count). The molecule has 0 aliphatic rings. The van der Waals surface area contributed by atoms with Gasteiger partial charge >= 0.3 is 7.32 Å². The fourth-order valence-electron chi connectivity index (χ4n) is 11.2. The van der Waals surface area contributed by atoms with E-state index in [1.54, 1.807) is 0 Å². The van der Waals surface area contributed by atoms with Gasteiger partial charge in [-0.05, 0) is 204 Å². The first kappa shape index (κ1) is 38.9. The lowest BCUT2D eigenvalue weighted by Gasteiger charge is -2.20. The molecular formula is C66H39BO3. The molecule has 0 saturated heterocycles. The van der Waals surface area contributed by atoms with E-state index in [2.05, 4.69) is 200 Å². The highest BCUT2D eigenvalue weighted by atomic mass is 16.7. The van der Waals surface area contributed by atoms with Gasteiger partial charge in [-0.3, -0.25) is 0 Å². The van der Waals surface area contributed by atoms with Gasteiger partial charge in [0, 0.05) is 16.2 Å². The highest BCUT2D eigenvalue weighted by Crippen LogP contribution is 2.40. The highest BCUT2D eigenvalue weighted by Gasteiger charge is 2.33. The summed E-state index contributed by atoms with van der Waals surface area (Å²) in [6, 6.07) is 85.1. The molecule has 0 aliphatic carbocycles. The van der Waals surface area contributed by atoms with Crippen molar-refractivity contribution >= 4 is 137 Å². The number of hydrogen-bond donors (Lipinski definition) is 0. The van der Waals surface area contributed by atoms with Crippen LogP contribution in [0.2, 0.25) is 0 Å². The van der Waals surface area contributed by atoms with Crippen LogP contribution in [0.5, 0.6) is 17.2 Å². The minimum atomic E-state index is -1.19. The Hall–Kier alpha value is -9.12. The maximum absolute atomic E-state index is 7.13. The van der Waals surface area contributed by atoms with Crippen LogP contribution in [0.25, 0.3) is 129 Å². The maximum Gasteiger partial charge on any atom is 0.864 e. The topological polar surface area (TPSA) is 27.7 Å². The van der Waals surface area contributed by atoms with Crippen LogP contribution in [0.4, 0.5) is 0 Å². The third-order valence-electron chi connectivity index (χ3n) is 14.7. The van der Waals surface area contributed by atoms with E-state index in [-0.39, 0.29) is 0 Å². The maximum atomic E-state index is 7.13. The summed E-state index contributed by atoms with van der Waals surface area (Å²) < 4.78 is 21.4. The average molecular weight is 891 g/mol. The molecule has 0 bridgehead atoms. The normalized spacial score (nSPS) is 12.0. The highest BCUT2D eigenvalue weighted by molar-refractivity contribution is 6.40. The van der Waals surface area contributed by atoms with Gasteiger partial charge < -0.3 is 14.0 Å². The molecule has 0 saturated carbocycles. The molecule has 0 unspecified atom stereocenters. The molecule has 70 heavy (non-hydrogen) atoms. The van der Waals surface area contributed by atoms with Crippen LogP contribution in [0, 0.1) is 0 Å². The lowest BCUT2D eigenvalue weighted by atomic mass is 9.95. The summed E-state index contributed by atoms with van der Waals surface area (Å²) in [6.45, 7) is 0. The van der Waals surface area contributed by atoms with Gasteiger partial charge in [0.1, 0.15) is 17.2 Å². The largest absolute Gasteiger partial charge is 0.864 e. The zero-order valence-corrected chi connectivity index (χ0v) is 37.8. The third kappa shape index (κ3) is 6.31. The molecule has 0 aromatic heterocycles. The second kappa shape index (κ2) is 15.2. The molecule has 324 valence electrons. The Morgan fingerprint density at radius 2 is 0.386 bits per heavy atom. The summed E-state index contributed by atoms with van der Waals surface area (Å²) in [6.07, 6.45) is 0. The smallest absolute Gasteiger partial charge is 0.489 e. The van der Waals surface area contributed by atoms with Gasteiger partial charge in [-0.1, -0.05) is 146 Å². The van der Waals surface area contributed by atoms with Gasteiger partial charge in [-0.2, -0.15) is 0 Å². The number of benzene rings is 15. The van der Waals surface area contributed by atoms with Crippen LogP contribution in [0.1, 0.15) is 0 Å². The van der Waals surface area contributed by atoms with E-state index in [4.69, 9.17) is 14.0 Å². The number of hydrogen-bond acceptors (Lipinski definition) is 3. The van der Waals surface area contributed by atoms with E-state index in [0.717, 1.165) is 48.5 Å². The van der Waals surface area contributed by atoms with E-state index in [0.29, 0.717) is 17.2 Å². The van der Waals surface area contributed by atoms with Gasteiger partial charge in [-0.15, -0.1) is 0 Å². The Morgan fingerprint density at radius 3 is 0.671 bits per heavy atom. The Balaban J connectivity index is 0.909. The standard InChI is InChI=1S/C66H39BO3/c1-4-13-43-34-55-49(28-40(43)10-1)22-25-52-31-46-16-7-19-64(61(46)37-58(52)55)68-67(69-65-20-8-17-47-32-53-26-23-50-29-41-11-2-5-14-44(41)35-56(50)59(53)38-62(47)65)70-66-21-9-18-48-33-54-27-24-51-30-42-12-3-6-15-45(42)36-57(51)60(54)39-63(48)66/h1-39H. The van der Waals surface area contributed by atoms with Crippen molar-refractivity contribution in [1.29, 1.82) is 0 Å². The van der Waals surface area contributed by atoms with Crippen molar-refractivity contribution in [3.8, 4) is 17.2 Å². The van der Waals surface area contributed by atoms with Crippen molar-refractivity contribution < 1.29 is 14.0 Å². The first-order chi connectivity index (χ1) is 34.6. The first-order valence-corrected chi connectivity index (χ1v) is 23.9. The van der Waals surface area contributed by atoms with Crippen LogP contribution >= 0.6 is 0 Å². The van der Waals surface area contributed by atoms with Crippen molar-refractivity contribution in [1.82, 2.24) is 0 Å². The van der Waals surface area contributed by atoms with Crippen LogP contribution in [0.15, 0.2) is 237 Å². The fraction of sp³-hybridized carbons (Fsp3) is 0. The van der Waals surface area contributed by atoms with Crippen molar-refractivity contribution in [2.75, 3.05) is 0 Å². The zero-order chi connectivity index (χ0) is 45.9. The summed E-state index contributed by atoms with van der Waals surface area (Å²) in [5.41, 5.74) is 0. The Labute approximate surface area is 402 Å². The average Bonchev–Trinajstić information content (AvgIpc) is 3.40. The number of fused-ring (bicyclic) bond motifs is 15. The molecule has 3 nitrogen and oxygen atoms in total. The van der Waals surface area contributed by atoms with Crippen molar-refractivity contribution in [3.05, 3.63) is 237 Å². The van der Waals surface area contributed by atoms with Crippen LogP contribution in [-0.2, 0) is 0 Å². The molecule has 0 fully saturated rings. The van der Waals surface area contributed by atoms with Gasteiger partial charge in [0.2, 0.25) is 0 Å². The minimum Gasteiger partial charge on any atom is -0.489 e. The monoisotopic (exact) mass is 890 g/mol. The summed E-state index contributed by atoms with van der Waals surface area (Å²) in [5.74, 6) is 1.98. The molecule has 0 spiro atoms. The summed E-state index contributed by atoms with van der Waals surface area (Å²) in [7, 11) is -1.19. The van der Waals surface area contributed by atoms with Gasteiger partial charge in [0.15, 0.2) is 0 Å². The zero-order valence-electron chi connectivity index (χ0n) is 37.8. The lowest BCUT2D eigenvalue weighted by molar-refractivity contribution is 0.312. The van der Waals surface area contributed by atoms with E-state index < -0.39 is 7.32 Å². The van der Waals surface area contributed by atoms with Crippen molar-refractivity contribution in [3.63, 3.8) is 0 Å².